The van der Waals surface area contributed by atoms with E-state index in [1.807, 2.05) is 19.9 Å². The zero-order valence-corrected chi connectivity index (χ0v) is 12.3. The van der Waals surface area contributed by atoms with Crippen molar-refractivity contribution in [3.8, 4) is 0 Å². The Labute approximate surface area is 115 Å². The molecule has 0 aliphatic carbocycles. The molecule has 0 fully saturated rings. The smallest absolute Gasteiger partial charge is 0.184 e. The molecule has 0 aromatic heterocycles. The van der Waals surface area contributed by atoms with E-state index in [0.29, 0.717) is 6.42 Å². The molecule has 0 bridgehead atoms. The highest BCUT2D eigenvalue weighted by molar-refractivity contribution is 7.92. The first-order valence-electron chi connectivity index (χ1n) is 6.68. The van der Waals surface area contributed by atoms with Gasteiger partial charge in [-0.3, -0.25) is 0 Å². The van der Waals surface area contributed by atoms with Crippen molar-refractivity contribution in [2.24, 2.45) is 0 Å². The van der Waals surface area contributed by atoms with E-state index in [-0.39, 0.29) is 4.90 Å². The van der Waals surface area contributed by atoms with E-state index in [2.05, 4.69) is 0 Å². The van der Waals surface area contributed by atoms with E-state index < -0.39 is 20.9 Å². The highest BCUT2D eigenvalue weighted by Gasteiger charge is 2.24. The van der Waals surface area contributed by atoms with Crippen LogP contribution in [0.5, 0.6) is 0 Å². The molecule has 2 nitrogen and oxygen atoms in total. The minimum Gasteiger partial charge on any atom is -0.223 e. The second-order valence-corrected chi connectivity index (χ2v) is 6.71. The Bertz CT molecular complexity index is 503. The Hall–Kier alpha value is -1.16. The van der Waals surface area contributed by atoms with Gasteiger partial charge in [-0.05, 0) is 37.1 Å². The predicted octanol–water partition coefficient (Wildman–Crippen LogP) is 4.12. The van der Waals surface area contributed by atoms with Crippen LogP contribution in [0.3, 0.4) is 0 Å². The molecule has 0 spiro atoms. The molecule has 0 heterocycles. The highest BCUT2D eigenvalue weighted by atomic mass is 32.2. The molecular formula is C15H21FO2S. The summed E-state index contributed by atoms with van der Waals surface area (Å²) < 4.78 is 37.8. The maximum absolute atomic E-state index is 12.9. The fourth-order valence-corrected chi connectivity index (χ4v) is 3.58. The molecule has 0 N–H and O–H groups in total. The average Bonchev–Trinajstić information content (AvgIpc) is 2.38. The van der Waals surface area contributed by atoms with Gasteiger partial charge >= 0.3 is 0 Å². The van der Waals surface area contributed by atoms with Crippen LogP contribution in [0.15, 0.2) is 41.3 Å². The number of benzene rings is 1. The van der Waals surface area contributed by atoms with E-state index in [1.165, 1.54) is 24.3 Å². The summed E-state index contributed by atoms with van der Waals surface area (Å²) >= 11 is 0. The summed E-state index contributed by atoms with van der Waals surface area (Å²) in [6.45, 7) is 4.01. The molecule has 0 saturated heterocycles. The minimum atomic E-state index is -3.41. The third-order valence-corrected chi connectivity index (χ3v) is 5.04. The van der Waals surface area contributed by atoms with Crippen molar-refractivity contribution in [3.05, 3.63) is 42.2 Å². The number of rotatable bonds is 7. The summed E-state index contributed by atoms with van der Waals surface area (Å²) in [4.78, 5) is 0.188. The molecule has 1 unspecified atom stereocenters. The summed E-state index contributed by atoms with van der Waals surface area (Å²) in [6, 6.07) is 5.04. The lowest BCUT2D eigenvalue weighted by molar-refractivity contribution is 0.581. The molecule has 1 rings (SSSR count). The molecule has 106 valence electrons. The zero-order valence-electron chi connectivity index (χ0n) is 11.5. The van der Waals surface area contributed by atoms with Gasteiger partial charge in [0.05, 0.1) is 10.1 Å². The fourth-order valence-electron chi connectivity index (χ4n) is 1.85. The third kappa shape index (κ3) is 4.46. The van der Waals surface area contributed by atoms with Gasteiger partial charge in [-0.25, -0.2) is 12.8 Å². The average molecular weight is 284 g/mol. The minimum absolute atomic E-state index is 0.188. The van der Waals surface area contributed by atoms with Gasteiger partial charge < -0.3 is 0 Å². The molecule has 4 heteroatoms. The van der Waals surface area contributed by atoms with E-state index in [1.54, 1.807) is 6.08 Å². The quantitative estimate of drug-likeness (QED) is 0.557. The Morgan fingerprint density at radius 3 is 2.32 bits per heavy atom. The Balaban J connectivity index is 3.01. The van der Waals surface area contributed by atoms with Crippen molar-refractivity contribution in [2.45, 2.75) is 49.7 Å². The molecule has 0 radical (unpaired) electrons. The van der Waals surface area contributed by atoms with Crippen molar-refractivity contribution in [1.29, 1.82) is 0 Å². The van der Waals surface area contributed by atoms with Crippen LogP contribution in [0, 0.1) is 5.82 Å². The standard InChI is InChI=1S/C15H21FO2S/c1-3-5-6-8-14(7-4-2)19(17,18)15-11-9-13(16)10-12-15/h6,8-12,14H,3-5,7H2,1-2H3/b8-6-. The normalized spacial score (nSPS) is 13.8. The van der Waals surface area contributed by atoms with Gasteiger partial charge in [0.1, 0.15) is 5.82 Å². The number of unbranched alkanes of at least 4 members (excludes halogenated alkanes) is 1. The van der Waals surface area contributed by atoms with Gasteiger partial charge in [0.2, 0.25) is 0 Å². The zero-order chi connectivity index (χ0) is 14.3. The molecule has 19 heavy (non-hydrogen) atoms. The summed E-state index contributed by atoms with van der Waals surface area (Å²) in [7, 11) is -3.41. The van der Waals surface area contributed by atoms with Gasteiger partial charge in [-0.1, -0.05) is 38.8 Å². The second-order valence-electron chi connectivity index (χ2n) is 4.54. The van der Waals surface area contributed by atoms with Gasteiger partial charge in [0.25, 0.3) is 0 Å². The van der Waals surface area contributed by atoms with Crippen LogP contribution in [0.25, 0.3) is 0 Å². The van der Waals surface area contributed by atoms with Gasteiger partial charge in [-0.2, -0.15) is 0 Å². The lowest BCUT2D eigenvalue weighted by Gasteiger charge is -2.13. The first-order valence-corrected chi connectivity index (χ1v) is 8.23. The van der Waals surface area contributed by atoms with Crippen LogP contribution in [-0.4, -0.2) is 13.7 Å². The van der Waals surface area contributed by atoms with E-state index >= 15 is 0 Å². The molecular weight excluding hydrogens is 263 g/mol. The molecule has 0 saturated carbocycles. The lowest BCUT2D eigenvalue weighted by atomic mass is 10.2. The lowest BCUT2D eigenvalue weighted by Crippen LogP contribution is -2.19. The highest BCUT2D eigenvalue weighted by Crippen LogP contribution is 2.21. The van der Waals surface area contributed by atoms with Crippen molar-refractivity contribution in [1.82, 2.24) is 0 Å². The summed E-state index contributed by atoms with van der Waals surface area (Å²) in [5.41, 5.74) is 0. The Morgan fingerprint density at radius 1 is 1.16 bits per heavy atom. The SMILES string of the molecule is CCC/C=C\C(CCC)S(=O)(=O)c1ccc(F)cc1. The van der Waals surface area contributed by atoms with Crippen molar-refractivity contribution in [2.75, 3.05) is 0 Å². The topological polar surface area (TPSA) is 34.1 Å². The predicted molar refractivity (Wildman–Crippen MR) is 76.3 cm³/mol. The summed E-state index contributed by atoms with van der Waals surface area (Å²) in [5, 5.41) is -0.519. The van der Waals surface area contributed by atoms with Gasteiger partial charge in [0, 0.05) is 0 Å². The fraction of sp³-hybridized carbons (Fsp3) is 0.467. The molecule has 1 aromatic rings. The van der Waals surface area contributed by atoms with E-state index in [9.17, 15) is 12.8 Å². The van der Waals surface area contributed by atoms with Gasteiger partial charge in [-0.15, -0.1) is 0 Å². The van der Waals surface area contributed by atoms with Crippen molar-refractivity contribution >= 4 is 9.84 Å². The second kappa shape index (κ2) is 7.43. The Morgan fingerprint density at radius 2 is 1.79 bits per heavy atom. The molecule has 0 aliphatic heterocycles. The van der Waals surface area contributed by atoms with Crippen LogP contribution < -0.4 is 0 Å². The molecule has 0 amide bonds. The van der Waals surface area contributed by atoms with Crippen molar-refractivity contribution in [3.63, 3.8) is 0 Å². The summed E-state index contributed by atoms with van der Waals surface area (Å²) in [5.74, 6) is -0.424. The van der Waals surface area contributed by atoms with Crippen molar-refractivity contribution < 1.29 is 12.8 Å². The Kier molecular flexibility index (Phi) is 6.22. The number of allylic oxidation sites excluding steroid dienone is 1. The first kappa shape index (κ1) is 15.9. The third-order valence-electron chi connectivity index (χ3n) is 2.92. The number of halogens is 1. The number of hydrogen-bond acceptors (Lipinski definition) is 2. The van der Waals surface area contributed by atoms with Gasteiger partial charge in [0.15, 0.2) is 9.84 Å². The largest absolute Gasteiger partial charge is 0.223 e. The van der Waals surface area contributed by atoms with Crippen LogP contribution in [0.2, 0.25) is 0 Å². The maximum Gasteiger partial charge on any atom is 0.184 e. The molecule has 0 aliphatic rings. The van der Waals surface area contributed by atoms with E-state index in [4.69, 9.17) is 0 Å². The molecule has 1 aromatic carbocycles. The van der Waals surface area contributed by atoms with E-state index in [0.717, 1.165) is 19.3 Å². The monoisotopic (exact) mass is 284 g/mol. The van der Waals surface area contributed by atoms with Crippen LogP contribution in [0.1, 0.15) is 39.5 Å². The number of sulfone groups is 1. The van der Waals surface area contributed by atoms with Crippen LogP contribution in [0.4, 0.5) is 4.39 Å². The number of hydrogen-bond donors (Lipinski definition) is 0. The van der Waals surface area contributed by atoms with Crippen LogP contribution in [-0.2, 0) is 9.84 Å². The maximum atomic E-state index is 12.9. The van der Waals surface area contributed by atoms with Crippen LogP contribution >= 0.6 is 0 Å². The summed E-state index contributed by atoms with van der Waals surface area (Å²) in [6.07, 6.45) is 6.93. The first-order chi connectivity index (χ1) is 9.02. The molecule has 1 atom stereocenters.